The van der Waals surface area contributed by atoms with Gasteiger partial charge in [0, 0.05) is 0 Å². The molecular formula is C37H68. The Hall–Kier alpha value is -0.520. The Labute approximate surface area is 234 Å². The van der Waals surface area contributed by atoms with E-state index in [9.17, 15) is 0 Å². The molecule has 0 heterocycles. The molecule has 4 saturated carbocycles. The summed E-state index contributed by atoms with van der Waals surface area (Å²) in [5.41, 5.74) is 3.62. The summed E-state index contributed by atoms with van der Waals surface area (Å²) >= 11 is 0. The fraction of sp³-hybridized carbons (Fsp3) is 0.892. The molecule has 9 unspecified atom stereocenters. The molecule has 0 aromatic carbocycles. The average molecular weight is 513 g/mol. The van der Waals surface area contributed by atoms with Crippen molar-refractivity contribution in [3.63, 3.8) is 0 Å². The smallest absolute Gasteiger partial charge is 0.0172 e. The van der Waals surface area contributed by atoms with E-state index in [-0.39, 0.29) is 0 Å². The lowest BCUT2D eigenvalue weighted by atomic mass is 9.40. The van der Waals surface area contributed by atoms with Gasteiger partial charge in [-0.15, -0.1) is 13.2 Å². The Bertz CT molecular complexity index is 743. The van der Waals surface area contributed by atoms with E-state index < -0.39 is 0 Å². The number of allylic oxidation sites excluding steroid dienone is 1. The van der Waals surface area contributed by atoms with Gasteiger partial charge < -0.3 is 0 Å². The summed E-state index contributed by atoms with van der Waals surface area (Å²) < 4.78 is 0. The minimum Gasteiger partial charge on any atom is -0.106 e. The average Bonchev–Trinajstić information content (AvgIpc) is 3.25. The van der Waals surface area contributed by atoms with Crippen molar-refractivity contribution in [2.75, 3.05) is 0 Å². The molecule has 0 heteroatoms. The van der Waals surface area contributed by atoms with E-state index in [1.54, 1.807) is 0 Å². The first-order valence-corrected chi connectivity index (χ1v) is 16.4. The minimum atomic E-state index is 0.499. The van der Waals surface area contributed by atoms with Crippen molar-refractivity contribution in [1.82, 2.24) is 0 Å². The number of hydrogen-bond acceptors (Lipinski definition) is 0. The van der Waals surface area contributed by atoms with Crippen molar-refractivity contribution in [3.05, 3.63) is 25.3 Å². The summed E-state index contributed by atoms with van der Waals surface area (Å²) in [6, 6.07) is 0. The van der Waals surface area contributed by atoms with Gasteiger partial charge in [-0.2, -0.15) is 0 Å². The molecule has 0 nitrogen and oxygen atoms in total. The predicted octanol–water partition coefficient (Wildman–Crippen LogP) is 12.2. The molecule has 0 spiro atoms. The molecule has 216 valence electrons. The van der Waals surface area contributed by atoms with E-state index in [2.05, 4.69) is 82.1 Å². The van der Waals surface area contributed by atoms with Gasteiger partial charge in [-0.1, -0.05) is 94.2 Å². The van der Waals surface area contributed by atoms with Crippen LogP contribution in [-0.4, -0.2) is 0 Å². The molecule has 0 aromatic heterocycles. The van der Waals surface area contributed by atoms with E-state index in [1.807, 2.05) is 13.8 Å². The van der Waals surface area contributed by atoms with E-state index in [1.165, 1.54) is 76.2 Å². The normalized spacial score (nSPS) is 45.1. The summed E-state index contributed by atoms with van der Waals surface area (Å²) in [5.74, 6) is 5.94. The predicted molar refractivity (Wildman–Crippen MR) is 168 cm³/mol. The lowest BCUT2D eigenvalue weighted by Crippen LogP contribution is -2.57. The second kappa shape index (κ2) is 12.3. The summed E-state index contributed by atoms with van der Waals surface area (Å²) in [5, 5.41) is 0. The number of rotatable bonds is 2. The summed E-state index contributed by atoms with van der Waals surface area (Å²) in [6.45, 7) is 37.9. The van der Waals surface area contributed by atoms with Gasteiger partial charge in [0.1, 0.15) is 0 Å². The van der Waals surface area contributed by atoms with Crippen LogP contribution in [0.4, 0.5) is 0 Å². The third kappa shape index (κ3) is 5.57. The molecule has 0 amide bonds. The maximum Gasteiger partial charge on any atom is -0.0172 e. The number of hydrogen-bond donors (Lipinski definition) is 0. The van der Waals surface area contributed by atoms with Crippen molar-refractivity contribution < 1.29 is 0 Å². The number of fused-ring (bicyclic) bond motifs is 4. The first-order chi connectivity index (χ1) is 17.3. The maximum atomic E-state index is 4.51. The minimum absolute atomic E-state index is 0.499. The molecule has 4 aliphatic rings. The molecular weight excluding hydrogens is 444 g/mol. The van der Waals surface area contributed by atoms with E-state index in [0.29, 0.717) is 21.7 Å². The first kappa shape index (κ1) is 32.7. The van der Waals surface area contributed by atoms with Gasteiger partial charge in [0.15, 0.2) is 0 Å². The molecule has 37 heavy (non-hydrogen) atoms. The zero-order valence-corrected chi connectivity index (χ0v) is 27.4. The Morgan fingerprint density at radius 2 is 1.38 bits per heavy atom. The fourth-order valence-electron chi connectivity index (χ4n) is 11.2. The molecule has 9 atom stereocenters. The van der Waals surface area contributed by atoms with Crippen molar-refractivity contribution >= 4 is 0 Å². The van der Waals surface area contributed by atoms with Crippen LogP contribution in [0.2, 0.25) is 0 Å². The second-order valence-corrected chi connectivity index (χ2v) is 15.4. The van der Waals surface area contributed by atoms with Gasteiger partial charge in [-0.3, -0.25) is 0 Å². The Balaban J connectivity index is 0.00000115. The van der Waals surface area contributed by atoms with Gasteiger partial charge in [0.25, 0.3) is 0 Å². The van der Waals surface area contributed by atoms with Crippen LogP contribution >= 0.6 is 0 Å². The molecule has 0 saturated heterocycles. The second-order valence-electron chi connectivity index (χ2n) is 15.4. The molecule has 4 fully saturated rings. The zero-order chi connectivity index (χ0) is 28.4. The van der Waals surface area contributed by atoms with Crippen LogP contribution in [0.3, 0.4) is 0 Å². The van der Waals surface area contributed by atoms with Crippen molar-refractivity contribution in [2.24, 2.45) is 63.1 Å². The monoisotopic (exact) mass is 513 g/mol. The lowest BCUT2D eigenvalue weighted by molar-refractivity contribution is -0.155. The van der Waals surface area contributed by atoms with Gasteiger partial charge in [-0.25, -0.2) is 0 Å². The third-order valence-electron chi connectivity index (χ3n) is 13.4. The largest absolute Gasteiger partial charge is 0.106 e. The highest BCUT2D eigenvalue weighted by Crippen LogP contribution is 2.69. The highest BCUT2D eigenvalue weighted by Gasteiger charge is 2.60. The topological polar surface area (TPSA) is 0 Å². The molecule has 0 bridgehead atoms. The Morgan fingerprint density at radius 3 is 1.95 bits per heavy atom. The van der Waals surface area contributed by atoms with Gasteiger partial charge in [-0.05, 0) is 128 Å². The standard InChI is InChI=1S/C33H58.C2H6.C2H4/c1-22(2)26-15-21-33(23(3)4)18-11-17-31(9)19-16-27-30(7,8)25(6)14-20-32(27,10)28(31)13-12-24(5)29(26)33;2*1-2/h23-29H,1,11-21H2,2-10H3;1-2H3;1-2H2. The van der Waals surface area contributed by atoms with Crippen molar-refractivity contribution in [1.29, 1.82) is 0 Å². The first-order valence-electron chi connectivity index (χ1n) is 16.4. The zero-order valence-electron chi connectivity index (χ0n) is 27.4. The SMILES string of the molecule is C=C.C=C(C)C1CCC2(C(C)C)CCCC3(C)CCC4C(C)(C)C(C)CCC4(C)C3CCC(C)C12.CC. The van der Waals surface area contributed by atoms with E-state index in [4.69, 9.17) is 0 Å². The van der Waals surface area contributed by atoms with E-state index >= 15 is 0 Å². The summed E-state index contributed by atoms with van der Waals surface area (Å²) in [7, 11) is 0. The molecule has 4 aliphatic carbocycles. The fourth-order valence-corrected chi connectivity index (χ4v) is 11.2. The lowest BCUT2D eigenvalue weighted by Gasteiger charge is -2.65. The van der Waals surface area contributed by atoms with Crippen molar-refractivity contribution in [3.8, 4) is 0 Å². The molecule has 4 rings (SSSR count). The molecule has 0 aromatic rings. The van der Waals surface area contributed by atoms with Crippen LogP contribution in [0.5, 0.6) is 0 Å². The maximum absolute atomic E-state index is 4.51. The summed E-state index contributed by atoms with van der Waals surface area (Å²) in [6.07, 6.45) is 16.0. The quantitative estimate of drug-likeness (QED) is 0.323. The molecule has 0 radical (unpaired) electrons. The highest BCUT2D eigenvalue weighted by molar-refractivity contribution is 5.12. The van der Waals surface area contributed by atoms with Crippen LogP contribution in [0, 0.1) is 63.1 Å². The van der Waals surface area contributed by atoms with Crippen LogP contribution in [0.25, 0.3) is 0 Å². The highest BCUT2D eigenvalue weighted by atomic mass is 14.6. The van der Waals surface area contributed by atoms with Gasteiger partial charge in [0.05, 0.1) is 0 Å². The third-order valence-corrected chi connectivity index (χ3v) is 13.4. The summed E-state index contributed by atoms with van der Waals surface area (Å²) in [4.78, 5) is 0. The molecule has 0 N–H and O–H groups in total. The Kier molecular flexibility index (Phi) is 10.9. The molecule has 0 aliphatic heterocycles. The van der Waals surface area contributed by atoms with E-state index in [0.717, 1.165) is 41.4 Å². The Morgan fingerprint density at radius 1 is 0.757 bits per heavy atom. The van der Waals surface area contributed by atoms with Gasteiger partial charge >= 0.3 is 0 Å². The van der Waals surface area contributed by atoms with Crippen LogP contribution in [0.15, 0.2) is 25.3 Å². The van der Waals surface area contributed by atoms with Crippen LogP contribution in [-0.2, 0) is 0 Å². The van der Waals surface area contributed by atoms with Crippen molar-refractivity contribution in [2.45, 2.75) is 147 Å². The van der Waals surface area contributed by atoms with Crippen LogP contribution < -0.4 is 0 Å². The van der Waals surface area contributed by atoms with Gasteiger partial charge in [0.2, 0.25) is 0 Å². The van der Waals surface area contributed by atoms with Crippen LogP contribution in [0.1, 0.15) is 147 Å².